The van der Waals surface area contributed by atoms with Gasteiger partial charge in [0.1, 0.15) is 18.2 Å². The van der Waals surface area contributed by atoms with E-state index in [0.717, 1.165) is 6.07 Å². The van der Waals surface area contributed by atoms with Gasteiger partial charge in [0.2, 0.25) is 0 Å². The summed E-state index contributed by atoms with van der Waals surface area (Å²) in [6.07, 6.45) is 0.423. The van der Waals surface area contributed by atoms with Crippen LogP contribution in [0.2, 0.25) is 0 Å². The highest BCUT2D eigenvalue weighted by Gasteiger charge is 2.16. The topological polar surface area (TPSA) is 57.9 Å². The first-order chi connectivity index (χ1) is 7.13. The normalized spacial score (nSPS) is 9.40. The minimum atomic E-state index is -0.847. The number of carbonyl (C=O) groups excluding carboxylic acids is 2. The zero-order valence-corrected chi connectivity index (χ0v) is 9.04. The Morgan fingerprint density at radius 1 is 1.60 bits per heavy atom. The maximum atomic E-state index is 13.4. The smallest absolute Gasteiger partial charge is 0.177 e. The molecule has 0 N–H and O–H groups in total. The molecule has 0 fully saturated rings. The van der Waals surface area contributed by atoms with E-state index in [1.165, 1.54) is 6.07 Å². The fourth-order valence-electron chi connectivity index (χ4n) is 1.13. The Morgan fingerprint density at radius 3 is 2.73 bits per heavy atom. The Morgan fingerprint density at radius 2 is 2.27 bits per heavy atom. The highest BCUT2D eigenvalue weighted by atomic mass is 79.9. The van der Waals surface area contributed by atoms with Crippen LogP contribution in [0.3, 0.4) is 0 Å². The summed E-state index contributed by atoms with van der Waals surface area (Å²) in [6, 6.07) is 3.81. The van der Waals surface area contributed by atoms with Gasteiger partial charge < -0.3 is 0 Å². The Labute approximate surface area is 93.6 Å². The molecule has 0 heterocycles. The van der Waals surface area contributed by atoms with Crippen molar-refractivity contribution in [3.8, 4) is 6.07 Å². The van der Waals surface area contributed by atoms with Crippen LogP contribution < -0.4 is 0 Å². The molecule has 0 atom stereocenters. The van der Waals surface area contributed by atoms with E-state index in [1.807, 2.05) is 0 Å². The average Bonchev–Trinajstić information content (AvgIpc) is 2.26. The van der Waals surface area contributed by atoms with Gasteiger partial charge in [0, 0.05) is 5.56 Å². The lowest BCUT2D eigenvalue weighted by atomic mass is 10.0. The van der Waals surface area contributed by atoms with Gasteiger partial charge >= 0.3 is 0 Å². The predicted octanol–water partition coefficient (Wildman–Crippen LogP) is 2.09. The molecule has 0 saturated carbocycles. The summed E-state index contributed by atoms with van der Waals surface area (Å²) >= 11 is 2.89. The van der Waals surface area contributed by atoms with E-state index in [9.17, 15) is 14.0 Å². The number of hydrogen-bond donors (Lipinski definition) is 0. The standard InChI is InChI=1S/C10H5BrFNO2/c11-3-9(15)10-7(4-13)1-6(5-14)2-8(10)12/h1-2,5H,3H2. The van der Waals surface area contributed by atoms with Crippen molar-refractivity contribution in [2.75, 3.05) is 5.33 Å². The molecule has 5 heteroatoms. The van der Waals surface area contributed by atoms with Crippen molar-refractivity contribution in [2.45, 2.75) is 0 Å². The van der Waals surface area contributed by atoms with Gasteiger partial charge in [0.05, 0.1) is 16.5 Å². The maximum absolute atomic E-state index is 13.4. The largest absolute Gasteiger partial charge is 0.298 e. The van der Waals surface area contributed by atoms with Gasteiger partial charge in [-0.1, -0.05) is 15.9 Å². The van der Waals surface area contributed by atoms with Crippen LogP contribution in [0.5, 0.6) is 0 Å². The van der Waals surface area contributed by atoms with E-state index in [1.54, 1.807) is 6.07 Å². The lowest BCUT2D eigenvalue weighted by molar-refractivity contribution is 0.101. The van der Waals surface area contributed by atoms with Crippen LogP contribution in [-0.4, -0.2) is 17.4 Å². The van der Waals surface area contributed by atoms with Gasteiger partial charge in [-0.2, -0.15) is 5.26 Å². The quantitative estimate of drug-likeness (QED) is 0.480. The van der Waals surface area contributed by atoms with E-state index in [4.69, 9.17) is 5.26 Å². The van der Waals surface area contributed by atoms with Crippen LogP contribution >= 0.6 is 15.9 Å². The minimum Gasteiger partial charge on any atom is -0.298 e. The van der Waals surface area contributed by atoms with Crippen LogP contribution in [0.1, 0.15) is 26.3 Å². The third-order valence-electron chi connectivity index (χ3n) is 1.77. The SMILES string of the molecule is N#Cc1cc(C=O)cc(F)c1C(=O)CBr. The summed E-state index contributed by atoms with van der Waals surface area (Å²) in [5, 5.41) is 8.64. The van der Waals surface area contributed by atoms with E-state index in [-0.39, 0.29) is 22.0 Å². The molecule has 0 saturated heterocycles. The summed E-state index contributed by atoms with van der Waals surface area (Å²) in [7, 11) is 0. The lowest BCUT2D eigenvalue weighted by Gasteiger charge is -2.03. The number of ketones is 1. The number of alkyl halides is 1. The van der Waals surface area contributed by atoms with Crippen molar-refractivity contribution < 1.29 is 14.0 Å². The van der Waals surface area contributed by atoms with Gasteiger partial charge in [-0.05, 0) is 12.1 Å². The number of Topliss-reactive ketones (excluding diaryl/α,β-unsaturated/α-hetero) is 1. The summed E-state index contributed by atoms with van der Waals surface area (Å²) in [5.41, 5.74) is -0.364. The second-order valence-electron chi connectivity index (χ2n) is 2.71. The molecule has 0 aliphatic heterocycles. The molecular weight excluding hydrogens is 265 g/mol. The predicted molar refractivity (Wildman–Crippen MR) is 54.6 cm³/mol. The van der Waals surface area contributed by atoms with E-state index in [2.05, 4.69) is 15.9 Å². The number of benzene rings is 1. The molecule has 0 aliphatic rings. The van der Waals surface area contributed by atoms with E-state index in [0.29, 0.717) is 6.29 Å². The Bertz CT molecular complexity index is 465. The van der Waals surface area contributed by atoms with Crippen LogP contribution in [0.15, 0.2) is 12.1 Å². The van der Waals surface area contributed by atoms with Crippen LogP contribution in [-0.2, 0) is 0 Å². The maximum Gasteiger partial charge on any atom is 0.177 e. The monoisotopic (exact) mass is 269 g/mol. The molecular formula is C10H5BrFNO2. The number of nitriles is 1. The van der Waals surface area contributed by atoms with E-state index < -0.39 is 11.6 Å². The van der Waals surface area contributed by atoms with Crippen molar-refractivity contribution in [1.29, 1.82) is 5.26 Å². The molecule has 76 valence electrons. The Kier molecular flexibility index (Phi) is 3.69. The summed E-state index contributed by atoms with van der Waals surface area (Å²) in [5.74, 6) is -1.37. The van der Waals surface area contributed by atoms with Crippen molar-refractivity contribution in [2.24, 2.45) is 0 Å². The highest BCUT2D eigenvalue weighted by Crippen LogP contribution is 2.16. The molecule has 1 aromatic carbocycles. The fraction of sp³-hybridized carbons (Fsp3) is 0.100. The zero-order chi connectivity index (χ0) is 11.4. The van der Waals surface area contributed by atoms with Crippen molar-refractivity contribution in [3.63, 3.8) is 0 Å². The number of nitrogens with zero attached hydrogens (tertiary/aromatic N) is 1. The first-order valence-corrected chi connectivity index (χ1v) is 5.04. The van der Waals surface area contributed by atoms with Crippen molar-refractivity contribution >= 4 is 28.0 Å². The van der Waals surface area contributed by atoms with Crippen LogP contribution in [0, 0.1) is 17.1 Å². The molecule has 3 nitrogen and oxygen atoms in total. The number of aldehydes is 1. The van der Waals surface area contributed by atoms with Gasteiger partial charge in [-0.15, -0.1) is 0 Å². The summed E-state index contributed by atoms with van der Waals surface area (Å²) < 4.78 is 13.4. The molecule has 0 aromatic heterocycles. The third kappa shape index (κ3) is 2.28. The molecule has 0 radical (unpaired) electrons. The van der Waals surface area contributed by atoms with Gasteiger partial charge in [-0.3, -0.25) is 9.59 Å². The Balaban J connectivity index is 3.45. The van der Waals surface area contributed by atoms with Crippen LogP contribution in [0.25, 0.3) is 0 Å². The summed E-state index contributed by atoms with van der Waals surface area (Å²) in [4.78, 5) is 21.7. The molecule has 0 unspecified atom stereocenters. The van der Waals surface area contributed by atoms with Crippen LogP contribution in [0.4, 0.5) is 4.39 Å². The van der Waals surface area contributed by atoms with Gasteiger partial charge in [-0.25, -0.2) is 4.39 Å². The summed E-state index contributed by atoms with van der Waals surface area (Å²) in [6.45, 7) is 0. The number of rotatable bonds is 3. The second kappa shape index (κ2) is 4.80. The first-order valence-electron chi connectivity index (χ1n) is 3.92. The van der Waals surface area contributed by atoms with Crippen molar-refractivity contribution in [1.82, 2.24) is 0 Å². The zero-order valence-electron chi connectivity index (χ0n) is 7.46. The molecule has 0 amide bonds. The number of hydrogen-bond acceptors (Lipinski definition) is 3. The molecule has 0 bridgehead atoms. The molecule has 0 aliphatic carbocycles. The van der Waals surface area contributed by atoms with E-state index >= 15 is 0 Å². The molecule has 0 spiro atoms. The van der Waals surface area contributed by atoms with Crippen molar-refractivity contribution in [3.05, 3.63) is 34.6 Å². The molecule has 1 rings (SSSR count). The highest BCUT2D eigenvalue weighted by molar-refractivity contribution is 9.09. The first kappa shape index (κ1) is 11.5. The third-order valence-corrected chi connectivity index (χ3v) is 2.28. The second-order valence-corrected chi connectivity index (χ2v) is 3.27. The Hall–Kier alpha value is -1.54. The van der Waals surface area contributed by atoms with Gasteiger partial charge in [0.15, 0.2) is 5.78 Å². The molecule has 1 aromatic rings. The lowest BCUT2D eigenvalue weighted by Crippen LogP contribution is -2.07. The average molecular weight is 270 g/mol. The fourth-order valence-corrected chi connectivity index (χ4v) is 1.41. The molecule has 15 heavy (non-hydrogen) atoms. The number of carbonyl (C=O) groups is 2. The van der Waals surface area contributed by atoms with Gasteiger partial charge in [0.25, 0.3) is 0 Å². The minimum absolute atomic E-state index is 0.0372. The number of halogens is 2.